The lowest BCUT2D eigenvalue weighted by Crippen LogP contribution is -2.06. The van der Waals surface area contributed by atoms with E-state index in [2.05, 4.69) is 10.3 Å². The van der Waals surface area contributed by atoms with Crippen molar-refractivity contribution in [2.75, 3.05) is 14.2 Å². The molecule has 2 aromatic rings. The fourth-order valence-electron chi connectivity index (χ4n) is 1.83. The van der Waals surface area contributed by atoms with Crippen LogP contribution >= 0.6 is 0 Å². The Hall–Kier alpha value is -2.07. The number of aryl methyl sites for hydroxylation is 1. The molecule has 1 N–H and O–H groups in total. The van der Waals surface area contributed by atoms with Gasteiger partial charge in [0, 0.05) is 18.3 Å². The summed E-state index contributed by atoms with van der Waals surface area (Å²) in [6.45, 7) is 2.75. The summed E-state index contributed by atoms with van der Waals surface area (Å²) in [5, 5.41) is 3.12. The number of nitrogens with zero attached hydrogens (tertiary/aromatic N) is 1. The Labute approximate surface area is 113 Å². The Morgan fingerprint density at radius 3 is 2.42 bits per heavy atom. The first-order valence-corrected chi connectivity index (χ1v) is 6.15. The van der Waals surface area contributed by atoms with Crippen molar-refractivity contribution in [1.29, 1.82) is 0 Å². The summed E-state index contributed by atoms with van der Waals surface area (Å²) in [6, 6.07) is 11.4. The standard InChI is InChI=1S/C15H18N2O2/c1-11-8-12(10-16-2)9-15(17-11)19-14-6-4-13(18-3)5-7-14/h4-9,16H,10H2,1-3H3. The lowest BCUT2D eigenvalue weighted by molar-refractivity contribution is 0.412. The molecule has 1 aromatic heterocycles. The quantitative estimate of drug-likeness (QED) is 0.895. The number of benzene rings is 1. The van der Waals surface area contributed by atoms with Gasteiger partial charge >= 0.3 is 0 Å². The van der Waals surface area contributed by atoms with E-state index in [1.807, 2.05) is 50.4 Å². The summed E-state index contributed by atoms with van der Waals surface area (Å²) in [6.07, 6.45) is 0. The van der Waals surface area contributed by atoms with E-state index in [4.69, 9.17) is 9.47 Å². The van der Waals surface area contributed by atoms with E-state index >= 15 is 0 Å². The second kappa shape index (κ2) is 6.20. The molecule has 0 amide bonds. The van der Waals surface area contributed by atoms with Gasteiger partial charge in [-0.25, -0.2) is 4.98 Å². The molecule has 1 heterocycles. The van der Waals surface area contributed by atoms with Crippen LogP contribution in [-0.4, -0.2) is 19.1 Å². The van der Waals surface area contributed by atoms with E-state index in [1.165, 1.54) is 0 Å². The topological polar surface area (TPSA) is 43.4 Å². The van der Waals surface area contributed by atoms with Gasteiger partial charge in [0.25, 0.3) is 0 Å². The van der Waals surface area contributed by atoms with Gasteiger partial charge in [0.15, 0.2) is 0 Å². The van der Waals surface area contributed by atoms with Crippen LogP contribution in [0.3, 0.4) is 0 Å². The Kier molecular flexibility index (Phi) is 4.36. The summed E-state index contributed by atoms with van der Waals surface area (Å²) < 4.78 is 10.9. The van der Waals surface area contributed by atoms with Crippen molar-refractivity contribution in [3.8, 4) is 17.4 Å². The van der Waals surface area contributed by atoms with E-state index in [-0.39, 0.29) is 0 Å². The van der Waals surface area contributed by atoms with Crippen molar-refractivity contribution in [3.63, 3.8) is 0 Å². The second-order valence-corrected chi connectivity index (χ2v) is 4.26. The van der Waals surface area contributed by atoms with Gasteiger partial charge in [-0.15, -0.1) is 0 Å². The molecule has 0 aliphatic rings. The van der Waals surface area contributed by atoms with Gasteiger partial charge < -0.3 is 14.8 Å². The minimum absolute atomic E-state index is 0.607. The zero-order valence-electron chi connectivity index (χ0n) is 11.4. The molecule has 4 heteroatoms. The van der Waals surface area contributed by atoms with Crippen molar-refractivity contribution in [1.82, 2.24) is 10.3 Å². The van der Waals surface area contributed by atoms with Gasteiger partial charge in [0.1, 0.15) is 11.5 Å². The summed E-state index contributed by atoms with van der Waals surface area (Å²) in [7, 11) is 3.56. The fourth-order valence-corrected chi connectivity index (χ4v) is 1.83. The maximum atomic E-state index is 5.75. The minimum Gasteiger partial charge on any atom is -0.497 e. The van der Waals surface area contributed by atoms with E-state index in [0.717, 1.165) is 29.3 Å². The number of hydrogen-bond donors (Lipinski definition) is 1. The fraction of sp³-hybridized carbons (Fsp3) is 0.267. The van der Waals surface area contributed by atoms with Crippen molar-refractivity contribution in [3.05, 3.63) is 47.7 Å². The minimum atomic E-state index is 0.607. The molecule has 100 valence electrons. The molecular weight excluding hydrogens is 240 g/mol. The first-order chi connectivity index (χ1) is 9.21. The molecule has 0 fully saturated rings. The van der Waals surface area contributed by atoms with Crippen LogP contribution in [0.1, 0.15) is 11.3 Å². The van der Waals surface area contributed by atoms with Crippen LogP contribution in [0.5, 0.6) is 17.4 Å². The Morgan fingerprint density at radius 1 is 1.11 bits per heavy atom. The van der Waals surface area contributed by atoms with Gasteiger partial charge in [-0.3, -0.25) is 0 Å². The monoisotopic (exact) mass is 258 g/mol. The maximum Gasteiger partial charge on any atom is 0.219 e. The van der Waals surface area contributed by atoms with Gasteiger partial charge in [-0.2, -0.15) is 0 Å². The molecule has 0 aliphatic heterocycles. The largest absolute Gasteiger partial charge is 0.497 e. The number of methoxy groups -OCH3 is 1. The average Bonchev–Trinajstić information content (AvgIpc) is 2.39. The Bertz CT molecular complexity index is 538. The van der Waals surface area contributed by atoms with Crippen LogP contribution in [0, 0.1) is 6.92 Å². The van der Waals surface area contributed by atoms with Gasteiger partial charge in [0.2, 0.25) is 5.88 Å². The average molecular weight is 258 g/mol. The highest BCUT2D eigenvalue weighted by molar-refractivity contribution is 5.34. The van der Waals surface area contributed by atoms with Crippen molar-refractivity contribution in [2.45, 2.75) is 13.5 Å². The summed E-state index contributed by atoms with van der Waals surface area (Å²) in [5.74, 6) is 2.16. The number of hydrogen-bond acceptors (Lipinski definition) is 4. The highest BCUT2D eigenvalue weighted by Crippen LogP contribution is 2.23. The third-order valence-corrected chi connectivity index (χ3v) is 2.65. The first kappa shape index (κ1) is 13.4. The van der Waals surface area contributed by atoms with Crippen molar-refractivity contribution < 1.29 is 9.47 Å². The third kappa shape index (κ3) is 3.69. The molecule has 0 saturated carbocycles. The normalized spacial score (nSPS) is 10.3. The first-order valence-electron chi connectivity index (χ1n) is 6.15. The smallest absolute Gasteiger partial charge is 0.219 e. The maximum absolute atomic E-state index is 5.75. The summed E-state index contributed by atoms with van der Waals surface area (Å²) >= 11 is 0. The third-order valence-electron chi connectivity index (χ3n) is 2.65. The molecule has 0 spiro atoms. The van der Waals surface area contributed by atoms with E-state index < -0.39 is 0 Å². The van der Waals surface area contributed by atoms with Crippen LogP contribution < -0.4 is 14.8 Å². The summed E-state index contributed by atoms with van der Waals surface area (Å²) in [5.41, 5.74) is 2.09. The van der Waals surface area contributed by atoms with E-state index in [0.29, 0.717) is 5.88 Å². The number of pyridine rings is 1. The van der Waals surface area contributed by atoms with Gasteiger partial charge in [-0.1, -0.05) is 0 Å². The van der Waals surface area contributed by atoms with Gasteiger partial charge in [0.05, 0.1) is 7.11 Å². The SMILES string of the molecule is CNCc1cc(C)nc(Oc2ccc(OC)cc2)c1. The van der Waals surface area contributed by atoms with Crippen LogP contribution in [0.25, 0.3) is 0 Å². The lowest BCUT2D eigenvalue weighted by Gasteiger charge is -2.08. The van der Waals surface area contributed by atoms with Crippen LogP contribution in [0.15, 0.2) is 36.4 Å². The van der Waals surface area contributed by atoms with E-state index in [1.54, 1.807) is 7.11 Å². The van der Waals surface area contributed by atoms with Crippen molar-refractivity contribution >= 4 is 0 Å². The lowest BCUT2D eigenvalue weighted by atomic mass is 10.2. The molecule has 0 unspecified atom stereocenters. The van der Waals surface area contributed by atoms with Gasteiger partial charge in [-0.05, 0) is 49.9 Å². The van der Waals surface area contributed by atoms with Crippen LogP contribution in [0.4, 0.5) is 0 Å². The molecular formula is C15H18N2O2. The number of rotatable bonds is 5. The molecule has 19 heavy (non-hydrogen) atoms. The zero-order chi connectivity index (χ0) is 13.7. The molecule has 0 aliphatic carbocycles. The zero-order valence-corrected chi connectivity index (χ0v) is 11.4. The summed E-state index contributed by atoms with van der Waals surface area (Å²) in [4.78, 5) is 4.37. The molecule has 0 bridgehead atoms. The molecule has 0 atom stereocenters. The molecule has 0 saturated heterocycles. The highest BCUT2D eigenvalue weighted by Gasteiger charge is 2.03. The van der Waals surface area contributed by atoms with Crippen molar-refractivity contribution in [2.24, 2.45) is 0 Å². The van der Waals surface area contributed by atoms with E-state index in [9.17, 15) is 0 Å². The number of nitrogens with one attached hydrogen (secondary N) is 1. The Morgan fingerprint density at radius 2 is 1.79 bits per heavy atom. The molecule has 4 nitrogen and oxygen atoms in total. The second-order valence-electron chi connectivity index (χ2n) is 4.26. The number of ether oxygens (including phenoxy) is 2. The highest BCUT2D eigenvalue weighted by atomic mass is 16.5. The number of aromatic nitrogens is 1. The molecule has 0 radical (unpaired) electrons. The Balaban J connectivity index is 2.17. The van der Waals surface area contributed by atoms with Crippen LogP contribution in [-0.2, 0) is 6.54 Å². The predicted octanol–water partition coefficient (Wildman–Crippen LogP) is 2.91. The molecule has 1 aromatic carbocycles. The van der Waals surface area contributed by atoms with Crippen LogP contribution in [0.2, 0.25) is 0 Å². The molecule has 2 rings (SSSR count). The predicted molar refractivity (Wildman–Crippen MR) is 74.8 cm³/mol.